The maximum atomic E-state index is 13.6. The van der Waals surface area contributed by atoms with Gasteiger partial charge in [0.25, 0.3) is 0 Å². The van der Waals surface area contributed by atoms with E-state index in [0.29, 0.717) is 50.9 Å². The van der Waals surface area contributed by atoms with Gasteiger partial charge in [0.2, 0.25) is 17.7 Å². The molecule has 1 fully saturated rings. The number of likely N-dealkylation sites (tertiary alicyclic amines) is 1. The highest BCUT2D eigenvalue weighted by Crippen LogP contribution is 2.20. The number of nitrogens with two attached hydrogens (primary N) is 2. The Morgan fingerprint density at radius 3 is 2.53 bits per heavy atom. The summed E-state index contributed by atoms with van der Waals surface area (Å²) >= 11 is 0. The molecule has 1 aromatic heterocycles. The van der Waals surface area contributed by atoms with E-state index in [-0.39, 0.29) is 12.8 Å². The molecule has 0 saturated carbocycles. The predicted octanol–water partition coefficient (Wildman–Crippen LogP) is -0.304. The summed E-state index contributed by atoms with van der Waals surface area (Å²) in [5, 5.41) is 15.0. The number of carbonyl (C=O) groups is 4. The van der Waals surface area contributed by atoms with E-state index in [1.165, 1.54) is 11.2 Å². The van der Waals surface area contributed by atoms with Crippen molar-refractivity contribution in [3.05, 3.63) is 54.1 Å². The molecule has 0 radical (unpaired) electrons. The molecule has 4 atom stereocenters. The molecule has 0 bridgehead atoms. The lowest BCUT2D eigenvalue weighted by molar-refractivity contribution is -0.145. The number of amides is 3. The third kappa shape index (κ3) is 8.12. The Hall–Kier alpha value is -3.77. The standard InChI is InChI=1S/C26H37N7O5/c27-11-5-4-9-20(31-23(34)19(28)14-18-15-29-16-30-18)25(36)33-12-6-10-22(33)24(35)32-21(26(37)38)13-17-7-2-1-3-8-17/h1-3,7-8,15-16,19-22H,4-6,9-14,27-28H2,(H,29,30)(H,31,34)(H,32,35)(H,37,38). The van der Waals surface area contributed by atoms with Crippen LogP contribution in [-0.4, -0.2) is 80.9 Å². The highest BCUT2D eigenvalue weighted by molar-refractivity contribution is 5.94. The summed E-state index contributed by atoms with van der Waals surface area (Å²) in [6, 6.07) is 5.27. The van der Waals surface area contributed by atoms with Crippen molar-refractivity contribution in [2.24, 2.45) is 11.5 Å². The molecule has 4 unspecified atom stereocenters. The van der Waals surface area contributed by atoms with Gasteiger partial charge in [-0.05, 0) is 44.2 Å². The molecule has 0 spiro atoms. The lowest BCUT2D eigenvalue weighted by Gasteiger charge is -2.30. The first-order valence-electron chi connectivity index (χ1n) is 12.9. The second-order valence-electron chi connectivity index (χ2n) is 9.51. The minimum Gasteiger partial charge on any atom is -0.480 e. The molecule has 1 aliphatic rings. The fraction of sp³-hybridized carbons (Fsp3) is 0.500. The fourth-order valence-corrected chi connectivity index (χ4v) is 4.58. The minimum atomic E-state index is -1.16. The summed E-state index contributed by atoms with van der Waals surface area (Å²) in [6.45, 7) is 0.776. The van der Waals surface area contributed by atoms with Crippen LogP contribution in [0.25, 0.3) is 0 Å². The molecule has 1 saturated heterocycles. The summed E-state index contributed by atoms with van der Waals surface area (Å²) in [4.78, 5) is 59.7. The van der Waals surface area contributed by atoms with Crippen molar-refractivity contribution < 1.29 is 24.3 Å². The SMILES string of the molecule is NCCCCC(NC(=O)C(N)Cc1cnc[nH]1)C(=O)N1CCCC1C(=O)NC(Cc1ccccc1)C(=O)O. The number of hydrogen-bond donors (Lipinski definition) is 6. The Kier molecular flexibility index (Phi) is 10.8. The second-order valence-corrected chi connectivity index (χ2v) is 9.51. The normalized spacial score (nSPS) is 17.4. The van der Waals surface area contributed by atoms with Gasteiger partial charge in [-0.3, -0.25) is 14.4 Å². The van der Waals surface area contributed by atoms with Crippen LogP contribution in [0.15, 0.2) is 42.9 Å². The highest BCUT2D eigenvalue weighted by Gasteiger charge is 2.39. The van der Waals surface area contributed by atoms with Gasteiger partial charge >= 0.3 is 5.97 Å². The fourth-order valence-electron chi connectivity index (χ4n) is 4.58. The molecule has 2 heterocycles. The number of unbranched alkanes of at least 4 members (excludes halogenated alkanes) is 1. The third-order valence-electron chi connectivity index (χ3n) is 6.63. The number of H-pyrrole nitrogens is 1. The number of benzene rings is 1. The number of imidazole rings is 1. The number of rotatable bonds is 14. The summed E-state index contributed by atoms with van der Waals surface area (Å²) < 4.78 is 0. The number of hydrogen-bond acceptors (Lipinski definition) is 7. The van der Waals surface area contributed by atoms with Crippen molar-refractivity contribution in [2.45, 2.75) is 69.1 Å². The van der Waals surface area contributed by atoms with E-state index in [1.807, 2.05) is 6.07 Å². The number of carbonyl (C=O) groups excluding carboxylic acids is 3. The maximum Gasteiger partial charge on any atom is 0.326 e. The Balaban J connectivity index is 1.67. The van der Waals surface area contributed by atoms with E-state index in [9.17, 15) is 24.3 Å². The summed E-state index contributed by atoms with van der Waals surface area (Å²) in [7, 11) is 0. The average Bonchev–Trinajstić information content (AvgIpc) is 3.60. The van der Waals surface area contributed by atoms with Crippen molar-refractivity contribution in [1.29, 1.82) is 0 Å². The largest absolute Gasteiger partial charge is 0.480 e. The van der Waals surface area contributed by atoms with Gasteiger partial charge in [-0.15, -0.1) is 0 Å². The molecular weight excluding hydrogens is 490 g/mol. The number of carboxylic acid groups (broad SMARTS) is 1. The summed E-state index contributed by atoms with van der Waals surface area (Å²) in [5.41, 5.74) is 13.1. The van der Waals surface area contributed by atoms with E-state index in [1.54, 1.807) is 30.5 Å². The van der Waals surface area contributed by atoms with Crippen LogP contribution < -0.4 is 22.1 Å². The van der Waals surface area contributed by atoms with Gasteiger partial charge in [0.1, 0.15) is 18.1 Å². The number of nitrogens with one attached hydrogen (secondary N) is 3. The molecular formula is C26H37N7O5. The van der Waals surface area contributed by atoms with Crippen molar-refractivity contribution in [2.75, 3.05) is 13.1 Å². The molecule has 206 valence electrons. The second kappa shape index (κ2) is 14.2. The zero-order valence-electron chi connectivity index (χ0n) is 21.3. The predicted molar refractivity (Wildman–Crippen MR) is 140 cm³/mol. The van der Waals surface area contributed by atoms with Gasteiger partial charge in [-0.1, -0.05) is 30.3 Å². The van der Waals surface area contributed by atoms with Crippen LogP contribution in [0.5, 0.6) is 0 Å². The Labute approximate surface area is 221 Å². The molecule has 1 aliphatic heterocycles. The van der Waals surface area contributed by atoms with E-state index in [4.69, 9.17) is 11.5 Å². The zero-order valence-corrected chi connectivity index (χ0v) is 21.3. The number of carboxylic acids is 1. The van der Waals surface area contributed by atoms with Crippen molar-refractivity contribution in [1.82, 2.24) is 25.5 Å². The lowest BCUT2D eigenvalue weighted by atomic mass is 10.0. The van der Waals surface area contributed by atoms with Crippen molar-refractivity contribution >= 4 is 23.7 Å². The third-order valence-corrected chi connectivity index (χ3v) is 6.63. The average molecular weight is 528 g/mol. The topological polar surface area (TPSA) is 197 Å². The van der Waals surface area contributed by atoms with Crippen LogP contribution >= 0.6 is 0 Å². The van der Waals surface area contributed by atoms with Crippen LogP contribution in [0, 0.1) is 0 Å². The number of aliphatic carboxylic acids is 1. The molecule has 38 heavy (non-hydrogen) atoms. The van der Waals surface area contributed by atoms with Crippen LogP contribution in [0.2, 0.25) is 0 Å². The van der Waals surface area contributed by atoms with Crippen molar-refractivity contribution in [3.63, 3.8) is 0 Å². The minimum absolute atomic E-state index is 0.120. The van der Waals surface area contributed by atoms with Crippen molar-refractivity contribution in [3.8, 4) is 0 Å². The monoisotopic (exact) mass is 527 g/mol. The van der Waals surface area contributed by atoms with Gasteiger partial charge < -0.3 is 37.1 Å². The molecule has 12 heteroatoms. The van der Waals surface area contributed by atoms with Crippen LogP contribution in [0.4, 0.5) is 0 Å². The molecule has 1 aromatic carbocycles. The van der Waals surface area contributed by atoms with E-state index in [0.717, 1.165) is 5.56 Å². The summed E-state index contributed by atoms with van der Waals surface area (Å²) in [5.74, 6) is -2.56. The summed E-state index contributed by atoms with van der Waals surface area (Å²) in [6.07, 6.45) is 6.02. The van der Waals surface area contributed by atoms with Gasteiger partial charge in [0, 0.05) is 31.3 Å². The maximum absolute atomic E-state index is 13.6. The van der Waals surface area contributed by atoms with Gasteiger partial charge in [0.05, 0.1) is 12.4 Å². The number of aromatic nitrogens is 2. The van der Waals surface area contributed by atoms with Gasteiger partial charge in [0.15, 0.2) is 0 Å². The zero-order chi connectivity index (χ0) is 27.5. The first-order valence-corrected chi connectivity index (χ1v) is 12.9. The van der Waals surface area contributed by atoms with Crippen LogP contribution in [0.3, 0.4) is 0 Å². The molecule has 8 N–H and O–H groups in total. The smallest absolute Gasteiger partial charge is 0.326 e. The first kappa shape index (κ1) is 28.8. The van der Waals surface area contributed by atoms with E-state index >= 15 is 0 Å². The molecule has 3 rings (SSSR count). The van der Waals surface area contributed by atoms with Crippen LogP contribution in [0.1, 0.15) is 43.4 Å². The lowest BCUT2D eigenvalue weighted by Crippen LogP contribution is -2.57. The van der Waals surface area contributed by atoms with E-state index in [2.05, 4.69) is 20.6 Å². The van der Waals surface area contributed by atoms with Crippen LogP contribution in [-0.2, 0) is 32.0 Å². The number of aromatic amines is 1. The quantitative estimate of drug-likeness (QED) is 0.180. The van der Waals surface area contributed by atoms with Gasteiger partial charge in [-0.2, -0.15) is 0 Å². The number of nitrogens with zero attached hydrogens (tertiary/aromatic N) is 2. The van der Waals surface area contributed by atoms with Gasteiger partial charge in [-0.25, -0.2) is 9.78 Å². The first-order chi connectivity index (χ1) is 18.3. The Morgan fingerprint density at radius 1 is 1.11 bits per heavy atom. The molecule has 0 aliphatic carbocycles. The molecule has 2 aromatic rings. The molecule has 3 amide bonds. The Morgan fingerprint density at radius 2 is 1.87 bits per heavy atom. The molecule has 12 nitrogen and oxygen atoms in total. The highest BCUT2D eigenvalue weighted by atomic mass is 16.4. The Bertz CT molecular complexity index is 1060. The van der Waals surface area contributed by atoms with E-state index < -0.39 is 47.9 Å².